The minimum atomic E-state index is -0.570. The first kappa shape index (κ1) is 14.3. The molecule has 2 rings (SSSR count). The van der Waals surface area contributed by atoms with Crippen molar-refractivity contribution in [3.05, 3.63) is 57.1 Å². The summed E-state index contributed by atoms with van der Waals surface area (Å²) >= 11 is 0. The van der Waals surface area contributed by atoms with Crippen LogP contribution in [0.25, 0.3) is 0 Å². The summed E-state index contributed by atoms with van der Waals surface area (Å²) in [6.45, 7) is 3.56. The van der Waals surface area contributed by atoms with Crippen LogP contribution in [0.2, 0.25) is 0 Å². The number of nitrogens with two attached hydrogens (primary N) is 1. The zero-order chi connectivity index (χ0) is 15.6. The standard InChI is InChI=1S/C15H13N3O3/c1-9-6-11(8-16)7-10(2)15(9)21-13-5-3-4-12(17)14(13)18(19)20/h3-7H,17H2,1-2H3. The number of nitro benzene ring substituents is 1. The van der Waals surface area contributed by atoms with Gasteiger partial charge in [-0.2, -0.15) is 5.26 Å². The predicted molar refractivity (Wildman–Crippen MR) is 78.2 cm³/mol. The molecule has 2 aromatic carbocycles. The van der Waals surface area contributed by atoms with Gasteiger partial charge in [0, 0.05) is 0 Å². The fraction of sp³-hybridized carbons (Fsp3) is 0.133. The molecule has 0 saturated carbocycles. The molecule has 0 radical (unpaired) electrons. The van der Waals surface area contributed by atoms with Gasteiger partial charge in [-0.25, -0.2) is 0 Å². The molecule has 21 heavy (non-hydrogen) atoms. The molecule has 0 atom stereocenters. The molecule has 0 fully saturated rings. The molecule has 0 aliphatic rings. The Morgan fingerprint density at radius 3 is 2.43 bits per heavy atom. The second-order valence-electron chi connectivity index (χ2n) is 4.60. The van der Waals surface area contributed by atoms with E-state index in [1.165, 1.54) is 12.1 Å². The highest BCUT2D eigenvalue weighted by Gasteiger charge is 2.21. The lowest BCUT2D eigenvalue weighted by Gasteiger charge is -2.12. The predicted octanol–water partition coefficient (Wildman–Crippen LogP) is 3.46. The average Bonchev–Trinajstić information content (AvgIpc) is 2.42. The number of nitrogens with zero attached hydrogens (tertiary/aromatic N) is 2. The third-order valence-corrected chi connectivity index (χ3v) is 3.01. The Balaban J connectivity index is 2.52. The molecule has 0 bridgehead atoms. The van der Waals surface area contributed by atoms with Gasteiger partial charge in [-0.3, -0.25) is 10.1 Å². The van der Waals surface area contributed by atoms with Gasteiger partial charge in [-0.15, -0.1) is 0 Å². The van der Waals surface area contributed by atoms with Gasteiger partial charge in [0.1, 0.15) is 11.4 Å². The third-order valence-electron chi connectivity index (χ3n) is 3.01. The lowest BCUT2D eigenvalue weighted by molar-refractivity contribution is -0.384. The van der Waals surface area contributed by atoms with Crippen LogP contribution in [0.1, 0.15) is 16.7 Å². The molecule has 2 aromatic rings. The lowest BCUT2D eigenvalue weighted by Crippen LogP contribution is -2.00. The summed E-state index contributed by atoms with van der Waals surface area (Å²) < 4.78 is 5.68. The monoisotopic (exact) mass is 283 g/mol. The highest BCUT2D eigenvalue weighted by molar-refractivity contribution is 5.66. The Labute approximate surface area is 121 Å². The largest absolute Gasteiger partial charge is 0.449 e. The number of para-hydroxylation sites is 1. The second-order valence-corrected chi connectivity index (χ2v) is 4.60. The van der Waals surface area contributed by atoms with E-state index < -0.39 is 4.92 Å². The summed E-state index contributed by atoms with van der Waals surface area (Å²) in [6.07, 6.45) is 0. The number of nitriles is 1. The molecule has 0 aliphatic carbocycles. The smallest absolute Gasteiger partial charge is 0.334 e. The van der Waals surface area contributed by atoms with Gasteiger partial charge in [0.25, 0.3) is 0 Å². The van der Waals surface area contributed by atoms with Gasteiger partial charge < -0.3 is 10.5 Å². The molecule has 0 aromatic heterocycles. The first-order valence-corrected chi connectivity index (χ1v) is 6.16. The molecule has 6 heteroatoms. The normalized spacial score (nSPS) is 9.95. The van der Waals surface area contributed by atoms with Crippen molar-refractivity contribution < 1.29 is 9.66 Å². The quantitative estimate of drug-likeness (QED) is 0.528. The Kier molecular flexibility index (Phi) is 3.76. The minimum Gasteiger partial charge on any atom is -0.449 e. The van der Waals surface area contributed by atoms with Crippen LogP contribution < -0.4 is 10.5 Å². The van der Waals surface area contributed by atoms with Crippen molar-refractivity contribution in [2.75, 3.05) is 5.73 Å². The van der Waals surface area contributed by atoms with E-state index in [0.29, 0.717) is 11.3 Å². The van der Waals surface area contributed by atoms with E-state index in [4.69, 9.17) is 15.7 Å². The number of nitro groups is 1. The zero-order valence-corrected chi connectivity index (χ0v) is 11.6. The Morgan fingerprint density at radius 2 is 1.90 bits per heavy atom. The van der Waals surface area contributed by atoms with Crippen molar-refractivity contribution in [2.45, 2.75) is 13.8 Å². The van der Waals surface area contributed by atoms with Crippen LogP contribution in [-0.4, -0.2) is 4.92 Å². The first-order chi connectivity index (χ1) is 9.93. The number of hydrogen-bond donors (Lipinski definition) is 1. The van der Waals surface area contributed by atoms with Gasteiger partial charge in [-0.05, 0) is 49.2 Å². The van der Waals surface area contributed by atoms with Gasteiger partial charge >= 0.3 is 5.69 Å². The molecular weight excluding hydrogens is 270 g/mol. The Morgan fingerprint density at radius 1 is 1.29 bits per heavy atom. The first-order valence-electron chi connectivity index (χ1n) is 6.16. The Hall–Kier alpha value is -3.07. The topological polar surface area (TPSA) is 102 Å². The van der Waals surface area contributed by atoms with Crippen LogP contribution in [0.15, 0.2) is 30.3 Å². The third kappa shape index (κ3) is 2.77. The molecule has 6 nitrogen and oxygen atoms in total. The lowest BCUT2D eigenvalue weighted by atomic mass is 10.1. The van der Waals surface area contributed by atoms with E-state index in [1.54, 1.807) is 32.0 Å². The number of nitrogen functional groups attached to an aromatic ring is 1. The molecule has 0 spiro atoms. The summed E-state index contributed by atoms with van der Waals surface area (Å²) in [6, 6.07) is 9.92. The van der Waals surface area contributed by atoms with Gasteiger partial charge in [-0.1, -0.05) is 6.07 Å². The number of rotatable bonds is 3. The van der Waals surface area contributed by atoms with Crippen LogP contribution in [0.4, 0.5) is 11.4 Å². The summed E-state index contributed by atoms with van der Waals surface area (Å²) in [5, 5.41) is 20.0. The van der Waals surface area contributed by atoms with Gasteiger partial charge in [0.15, 0.2) is 0 Å². The van der Waals surface area contributed by atoms with E-state index in [2.05, 4.69) is 6.07 Å². The van der Waals surface area contributed by atoms with Gasteiger partial charge in [0.05, 0.1) is 16.6 Å². The van der Waals surface area contributed by atoms with Crippen molar-refractivity contribution >= 4 is 11.4 Å². The van der Waals surface area contributed by atoms with Crippen LogP contribution in [0.5, 0.6) is 11.5 Å². The van der Waals surface area contributed by atoms with Crippen molar-refractivity contribution in [3.8, 4) is 17.6 Å². The maximum absolute atomic E-state index is 11.1. The highest BCUT2D eigenvalue weighted by Crippen LogP contribution is 2.38. The van der Waals surface area contributed by atoms with Crippen LogP contribution in [0, 0.1) is 35.3 Å². The fourth-order valence-corrected chi connectivity index (χ4v) is 2.10. The molecule has 106 valence electrons. The average molecular weight is 283 g/mol. The molecule has 2 N–H and O–H groups in total. The number of hydrogen-bond acceptors (Lipinski definition) is 5. The van der Waals surface area contributed by atoms with Gasteiger partial charge in [0.2, 0.25) is 5.75 Å². The maximum Gasteiger partial charge on any atom is 0.334 e. The van der Waals surface area contributed by atoms with E-state index in [9.17, 15) is 10.1 Å². The minimum absolute atomic E-state index is 0.0430. The Bertz CT molecular complexity index is 740. The molecule has 0 heterocycles. The van der Waals surface area contributed by atoms with E-state index in [-0.39, 0.29) is 17.1 Å². The van der Waals surface area contributed by atoms with Crippen LogP contribution in [0.3, 0.4) is 0 Å². The fourth-order valence-electron chi connectivity index (χ4n) is 2.10. The van der Waals surface area contributed by atoms with Crippen molar-refractivity contribution in [3.63, 3.8) is 0 Å². The molecule has 0 unspecified atom stereocenters. The number of aryl methyl sites for hydroxylation is 2. The summed E-state index contributed by atoms with van der Waals surface area (Å²) in [4.78, 5) is 10.5. The van der Waals surface area contributed by atoms with Crippen LogP contribution >= 0.6 is 0 Å². The number of ether oxygens (including phenoxy) is 1. The number of anilines is 1. The summed E-state index contributed by atoms with van der Waals surface area (Å²) in [5.41, 5.74) is 7.38. The zero-order valence-electron chi connectivity index (χ0n) is 11.6. The summed E-state index contributed by atoms with van der Waals surface area (Å²) in [5.74, 6) is 0.568. The second kappa shape index (κ2) is 5.51. The van der Waals surface area contributed by atoms with Crippen molar-refractivity contribution in [1.29, 1.82) is 5.26 Å². The van der Waals surface area contributed by atoms with Crippen LogP contribution in [-0.2, 0) is 0 Å². The highest BCUT2D eigenvalue weighted by atomic mass is 16.6. The van der Waals surface area contributed by atoms with E-state index in [1.807, 2.05) is 0 Å². The molecule has 0 amide bonds. The molecule has 0 saturated heterocycles. The number of benzene rings is 2. The molecule has 0 aliphatic heterocycles. The van der Waals surface area contributed by atoms with Crippen molar-refractivity contribution in [1.82, 2.24) is 0 Å². The summed E-state index contributed by atoms with van der Waals surface area (Å²) in [7, 11) is 0. The molecular formula is C15H13N3O3. The SMILES string of the molecule is Cc1cc(C#N)cc(C)c1Oc1cccc(N)c1[N+](=O)[O-]. The maximum atomic E-state index is 11.1. The van der Waals surface area contributed by atoms with E-state index >= 15 is 0 Å². The van der Waals surface area contributed by atoms with E-state index in [0.717, 1.165) is 11.1 Å². The van der Waals surface area contributed by atoms with Crippen molar-refractivity contribution in [2.24, 2.45) is 0 Å².